The molecule has 0 radical (unpaired) electrons. The molecule has 0 spiro atoms. The predicted molar refractivity (Wildman–Crippen MR) is 135 cm³/mol. The highest BCUT2D eigenvalue weighted by molar-refractivity contribution is 5.79. The topological polar surface area (TPSA) is 102 Å². The van der Waals surface area contributed by atoms with Gasteiger partial charge in [0.15, 0.2) is 0 Å². The standard InChI is InChI=1S/C27H24FN7O/c1-3-27(17-6-4-5-7-19(17)28)16-10-11-35(13-18(16)27)21-12-29-24-23(33-34-25(24)31-21)15-8-9-20-22(14(15)2)32-26(36)30-20/h4-9,12,16,18H,2-3,10-11,13H2,1H3,(H2,30,32,36)/b23-15-/t16-,18+,27-/m1/s1. The molecule has 1 saturated carbocycles. The number of halogens is 1. The smallest absolute Gasteiger partial charge is 0.323 e. The van der Waals surface area contributed by atoms with Crippen molar-refractivity contribution in [3.05, 3.63) is 80.6 Å². The highest BCUT2D eigenvalue weighted by atomic mass is 19.1. The van der Waals surface area contributed by atoms with E-state index in [1.807, 2.05) is 24.3 Å². The lowest BCUT2D eigenvalue weighted by atomic mass is 9.88. The number of hydrogen-bond acceptors (Lipinski definition) is 6. The molecule has 4 aromatic rings. The highest BCUT2D eigenvalue weighted by Crippen LogP contribution is 2.65. The second-order valence-corrected chi connectivity index (χ2v) is 9.86. The number of azo groups is 1. The minimum absolute atomic E-state index is 0.104. The van der Waals surface area contributed by atoms with Gasteiger partial charge in [-0.2, -0.15) is 0 Å². The summed E-state index contributed by atoms with van der Waals surface area (Å²) in [5.41, 5.74) is 2.97. The predicted octanol–water partition coefficient (Wildman–Crippen LogP) is 3.25. The molecule has 3 aliphatic rings. The Morgan fingerprint density at radius 1 is 1.17 bits per heavy atom. The first-order valence-electron chi connectivity index (χ1n) is 12.2. The Kier molecular flexibility index (Phi) is 4.37. The summed E-state index contributed by atoms with van der Waals surface area (Å²) in [5, 5.41) is 10.1. The van der Waals surface area contributed by atoms with Crippen LogP contribution in [0.5, 0.6) is 0 Å². The van der Waals surface area contributed by atoms with Crippen LogP contribution in [0.4, 0.5) is 16.0 Å². The molecule has 2 aromatic carbocycles. The molecular weight excluding hydrogens is 457 g/mol. The van der Waals surface area contributed by atoms with Crippen LogP contribution in [0.2, 0.25) is 0 Å². The van der Waals surface area contributed by atoms with Crippen LogP contribution < -0.4 is 21.0 Å². The maximum Gasteiger partial charge on any atom is 0.323 e. The first-order chi connectivity index (χ1) is 17.5. The van der Waals surface area contributed by atoms with Gasteiger partial charge in [0.2, 0.25) is 5.82 Å². The molecule has 3 atom stereocenters. The van der Waals surface area contributed by atoms with Crippen LogP contribution in [0.1, 0.15) is 31.0 Å². The summed E-state index contributed by atoms with van der Waals surface area (Å²) in [7, 11) is 0. The summed E-state index contributed by atoms with van der Waals surface area (Å²) in [6, 6.07) is 10.9. The molecule has 2 aliphatic heterocycles. The van der Waals surface area contributed by atoms with E-state index in [-0.39, 0.29) is 16.9 Å². The van der Waals surface area contributed by atoms with Crippen LogP contribution in [0.25, 0.3) is 23.3 Å². The summed E-state index contributed by atoms with van der Waals surface area (Å²) in [6.45, 7) is 7.97. The van der Waals surface area contributed by atoms with Crippen molar-refractivity contribution in [1.82, 2.24) is 19.9 Å². The first kappa shape index (κ1) is 21.2. The maximum atomic E-state index is 14.7. The van der Waals surface area contributed by atoms with Crippen molar-refractivity contribution in [3.8, 4) is 0 Å². The summed E-state index contributed by atoms with van der Waals surface area (Å²) < 4.78 is 14.7. The fourth-order valence-corrected chi connectivity index (χ4v) is 6.61. The lowest BCUT2D eigenvalue weighted by Crippen LogP contribution is -2.32. The lowest BCUT2D eigenvalue weighted by Gasteiger charge is -2.27. The zero-order valence-corrected chi connectivity index (χ0v) is 19.8. The Bertz CT molecular complexity index is 1760. The molecule has 2 N–H and O–H groups in total. The van der Waals surface area contributed by atoms with E-state index in [1.165, 1.54) is 0 Å². The number of imidazole rings is 1. The molecule has 2 aromatic heterocycles. The third kappa shape index (κ3) is 2.82. The molecule has 4 heterocycles. The number of nitrogens with one attached hydrogen (secondary N) is 2. The molecule has 0 bridgehead atoms. The van der Waals surface area contributed by atoms with E-state index in [0.717, 1.165) is 42.5 Å². The minimum Gasteiger partial charge on any atom is -0.355 e. The Balaban J connectivity index is 1.22. The number of aromatic nitrogens is 4. The van der Waals surface area contributed by atoms with Crippen LogP contribution in [-0.4, -0.2) is 33.0 Å². The van der Waals surface area contributed by atoms with Crippen molar-refractivity contribution in [2.24, 2.45) is 22.1 Å². The van der Waals surface area contributed by atoms with Gasteiger partial charge in [-0.15, -0.1) is 10.2 Å². The van der Waals surface area contributed by atoms with Crippen LogP contribution in [0, 0.1) is 17.7 Å². The summed E-state index contributed by atoms with van der Waals surface area (Å²) in [4.78, 5) is 28.9. The molecule has 0 amide bonds. The summed E-state index contributed by atoms with van der Waals surface area (Å²) in [6.07, 6.45) is 3.68. The van der Waals surface area contributed by atoms with E-state index in [2.05, 4.69) is 43.6 Å². The van der Waals surface area contributed by atoms with Gasteiger partial charge >= 0.3 is 5.69 Å². The Labute approximate surface area is 205 Å². The zero-order chi connectivity index (χ0) is 24.6. The Morgan fingerprint density at radius 2 is 2.03 bits per heavy atom. The number of benzene rings is 2. The number of piperidine rings is 1. The third-order valence-corrected chi connectivity index (χ3v) is 8.38. The van der Waals surface area contributed by atoms with E-state index in [0.29, 0.717) is 45.3 Å². The quantitative estimate of drug-likeness (QED) is 0.469. The number of fused-ring (bicyclic) bond motifs is 3. The lowest BCUT2D eigenvalue weighted by molar-refractivity contribution is 0.516. The molecular formula is C27H24FN7O. The van der Waals surface area contributed by atoms with Gasteiger partial charge in [-0.1, -0.05) is 31.7 Å². The van der Waals surface area contributed by atoms with Gasteiger partial charge in [0.25, 0.3) is 0 Å². The highest BCUT2D eigenvalue weighted by Gasteiger charge is 2.65. The van der Waals surface area contributed by atoms with Gasteiger partial charge in [-0.3, -0.25) is 0 Å². The summed E-state index contributed by atoms with van der Waals surface area (Å²) in [5.74, 6) is 2.00. The normalized spacial score (nSPS) is 25.8. The van der Waals surface area contributed by atoms with E-state index in [4.69, 9.17) is 4.98 Å². The number of nitrogens with zero attached hydrogens (tertiary/aromatic N) is 5. The maximum absolute atomic E-state index is 14.7. The average Bonchev–Trinajstić information content (AvgIpc) is 3.12. The monoisotopic (exact) mass is 481 g/mol. The molecule has 2 fully saturated rings. The molecule has 1 aliphatic carbocycles. The zero-order valence-electron chi connectivity index (χ0n) is 19.8. The van der Waals surface area contributed by atoms with E-state index in [9.17, 15) is 9.18 Å². The molecule has 9 heteroatoms. The van der Waals surface area contributed by atoms with E-state index in [1.54, 1.807) is 18.3 Å². The Morgan fingerprint density at radius 3 is 2.86 bits per heavy atom. The number of aromatic amines is 2. The minimum atomic E-state index is -0.281. The van der Waals surface area contributed by atoms with Crippen molar-refractivity contribution < 1.29 is 4.39 Å². The van der Waals surface area contributed by atoms with Gasteiger partial charge in [0.1, 0.15) is 23.0 Å². The molecule has 1 saturated heterocycles. The SMILES string of the molecule is C=c1/c(=C2\N=Nc3nc(N4CC[C@@H]5[C@H](C4)[C@@]5(CC)c4ccccc4F)cnc32)ccc2[nH]c(=O)[nH]c12. The fourth-order valence-electron chi connectivity index (χ4n) is 6.61. The van der Waals surface area contributed by atoms with Crippen LogP contribution in [-0.2, 0) is 5.41 Å². The molecule has 180 valence electrons. The van der Waals surface area contributed by atoms with E-state index < -0.39 is 0 Å². The second-order valence-electron chi connectivity index (χ2n) is 9.86. The van der Waals surface area contributed by atoms with E-state index >= 15 is 0 Å². The van der Waals surface area contributed by atoms with Crippen LogP contribution >= 0.6 is 0 Å². The van der Waals surface area contributed by atoms with Gasteiger partial charge in [-0.05, 0) is 48.4 Å². The van der Waals surface area contributed by atoms with Crippen molar-refractivity contribution in [2.75, 3.05) is 18.0 Å². The van der Waals surface area contributed by atoms with Crippen LogP contribution in [0.3, 0.4) is 0 Å². The van der Waals surface area contributed by atoms with Crippen molar-refractivity contribution in [2.45, 2.75) is 25.2 Å². The number of H-pyrrole nitrogens is 2. The largest absolute Gasteiger partial charge is 0.355 e. The fraction of sp³-hybridized carbons (Fsp3) is 0.296. The molecule has 36 heavy (non-hydrogen) atoms. The van der Waals surface area contributed by atoms with Crippen molar-refractivity contribution >= 4 is 34.9 Å². The van der Waals surface area contributed by atoms with Crippen molar-refractivity contribution in [1.29, 1.82) is 0 Å². The molecule has 8 nitrogen and oxygen atoms in total. The van der Waals surface area contributed by atoms with Gasteiger partial charge in [0.05, 0.1) is 17.2 Å². The van der Waals surface area contributed by atoms with Gasteiger partial charge in [0, 0.05) is 28.9 Å². The first-order valence-corrected chi connectivity index (χ1v) is 12.2. The number of anilines is 1. The number of hydrogen-bond donors (Lipinski definition) is 2. The average molecular weight is 482 g/mol. The van der Waals surface area contributed by atoms with Gasteiger partial charge in [-0.25, -0.2) is 19.2 Å². The molecule has 7 rings (SSSR count). The molecule has 0 unspecified atom stereocenters. The number of rotatable bonds is 3. The summed E-state index contributed by atoms with van der Waals surface area (Å²) >= 11 is 0. The second kappa shape index (κ2) is 7.43. The van der Waals surface area contributed by atoms with Crippen molar-refractivity contribution in [3.63, 3.8) is 0 Å². The van der Waals surface area contributed by atoms with Crippen LogP contribution in [0.15, 0.2) is 57.6 Å². The third-order valence-electron chi connectivity index (χ3n) is 8.38. The van der Waals surface area contributed by atoms with Gasteiger partial charge < -0.3 is 14.9 Å². The Hall–Kier alpha value is -4.14.